The van der Waals surface area contributed by atoms with Gasteiger partial charge in [0.2, 0.25) is 0 Å². The third kappa shape index (κ3) is 3.20. The summed E-state index contributed by atoms with van der Waals surface area (Å²) in [7, 11) is 0. The summed E-state index contributed by atoms with van der Waals surface area (Å²) in [5.41, 5.74) is 0.603. The zero-order valence-corrected chi connectivity index (χ0v) is 8.90. The summed E-state index contributed by atoms with van der Waals surface area (Å²) < 4.78 is 12.9. The Bertz CT molecular complexity index is 293. The number of hydrogen-bond donors (Lipinski definition) is 2. The molecule has 0 bridgehead atoms. The normalized spacial score (nSPS) is 10.4. The summed E-state index contributed by atoms with van der Waals surface area (Å²) in [5, 5.41) is 12.5. The molecule has 0 aromatic heterocycles. The molecule has 0 saturated carbocycles. The van der Waals surface area contributed by atoms with Crippen LogP contribution in [0, 0.1) is 5.82 Å². The largest absolute Gasteiger partial charge is 0.505 e. The molecule has 14 heavy (non-hydrogen) atoms. The van der Waals surface area contributed by atoms with E-state index in [1.807, 2.05) is 6.26 Å². The molecular formula is C10H14FNOS. The highest BCUT2D eigenvalue weighted by molar-refractivity contribution is 7.98. The summed E-state index contributed by atoms with van der Waals surface area (Å²) in [6.07, 6.45) is 2.03. The number of halogens is 1. The Morgan fingerprint density at radius 3 is 3.00 bits per heavy atom. The van der Waals surface area contributed by atoms with Crippen LogP contribution in [0.5, 0.6) is 5.75 Å². The maximum absolute atomic E-state index is 12.9. The highest BCUT2D eigenvalue weighted by Gasteiger charge is 2.04. The summed E-state index contributed by atoms with van der Waals surface area (Å²) in [6, 6.07) is 4.56. The molecule has 0 aliphatic rings. The van der Waals surface area contributed by atoms with E-state index >= 15 is 0 Å². The lowest BCUT2D eigenvalue weighted by Crippen LogP contribution is -2.16. The molecule has 1 aromatic rings. The standard InChI is InChI=1S/C10H14FNOS/c1-14-6-5-12-7-8-3-2-4-9(11)10(8)13/h2-4,12-13H,5-7H2,1H3. The van der Waals surface area contributed by atoms with Gasteiger partial charge in [0.1, 0.15) is 0 Å². The van der Waals surface area contributed by atoms with E-state index in [0.717, 1.165) is 12.3 Å². The predicted octanol–water partition coefficient (Wildman–Crippen LogP) is 1.98. The van der Waals surface area contributed by atoms with Crippen LogP contribution in [0.1, 0.15) is 5.56 Å². The third-order valence-corrected chi connectivity index (χ3v) is 2.48. The topological polar surface area (TPSA) is 32.3 Å². The molecule has 0 aliphatic heterocycles. The van der Waals surface area contributed by atoms with E-state index < -0.39 is 5.82 Å². The van der Waals surface area contributed by atoms with Crippen molar-refractivity contribution in [2.24, 2.45) is 0 Å². The van der Waals surface area contributed by atoms with Crippen LogP contribution >= 0.6 is 11.8 Å². The van der Waals surface area contributed by atoms with Crippen molar-refractivity contribution < 1.29 is 9.50 Å². The van der Waals surface area contributed by atoms with Crippen LogP contribution in [0.25, 0.3) is 0 Å². The Labute approximate surface area is 87.5 Å². The van der Waals surface area contributed by atoms with E-state index in [4.69, 9.17) is 0 Å². The number of nitrogens with one attached hydrogen (secondary N) is 1. The molecule has 0 atom stereocenters. The number of phenolic OH excluding ortho intramolecular Hbond substituents is 1. The quantitative estimate of drug-likeness (QED) is 0.737. The van der Waals surface area contributed by atoms with E-state index in [-0.39, 0.29) is 5.75 Å². The minimum atomic E-state index is -0.561. The van der Waals surface area contributed by atoms with Gasteiger partial charge in [0.05, 0.1) is 0 Å². The van der Waals surface area contributed by atoms with Gasteiger partial charge in [-0.3, -0.25) is 0 Å². The SMILES string of the molecule is CSCCNCc1cccc(F)c1O. The van der Waals surface area contributed by atoms with Gasteiger partial charge in [-0.15, -0.1) is 0 Å². The number of para-hydroxylation sites is 1. The third-order valence-electron chi connectivity index (χ3n) is 1.87. The first-order valence-electron chi connectivity index (χ1n) is 4.41. The van der Waals surface area contributed by atoms with Crippen LogP contribution in [-0.4, -0.2) is 23.7 Å². The highest BCUT2D eigenvalue weighted by atomic mass is 32.2. The van der Waals surface area contributed by atoms with Crippen LogP contribution in [-0.2, 0) is 6.54 Å². The van der Waals surface area contributed by atoms with Crippen molar-refractivity contribution >= 4 is 11.8 Å². The number of phenols is 1. The fourth-order valence-corrected chi connectivity index (χ4v) is 1.45. The molecule has 1 rings (SSSR count). The zero-order chi connectivity index (χ0) is 10.4. The molecule has 0 fully saturated rings. The lowest BCUT2D eigenvalue weighted by molar-refractivity contribution is 0.423. The number of hydrogen-bond acceptors (Lipinski definition) is 3. The number of benzene rings is 1. The minimum Gasteiger partial charge on any atom is -0.505 e. The van der Waals surface area contributed by atoms with Crippen molar-refractivity contribution in [3.63, 3.8) is 0 Å². The summed E-state index contributed by atoms with van der Waals surface area (Å²) >= 11 is 1.75. The number of aromatic hydroxyl groups is 1. The Hall–Kier alpha value is -0.740. The van der Waals surface area contributed by atoms with Crippen molar-refractivity contribution in [3.8, 4) is 5.75 Å². The van der Waals surface area contributed by atoms with Gasteiger partial charge in [-0.25, -0.2) is 4.39 Å². The van der Waals surface area contributed by atoms with Gasteiger partial charge in [-0.2, -0.15) is 11.8 Å². The van der Waals surface area contributed by atoms with Crippen LogP contribution in [0.4, 0.5) is 4.39 Å². The first-order valence-corrected chi connectivity index (χ1v) is 5.81. The van der Waals surface area contributed by atoms with E-state index in [1.54, 1.807) is 23.9 Å². The van der Waals surface area contributed by atoms with Crippen LogP contribution < -0.4 is 5.32 Å². The van der Waals surface area contributed by atoms with Crippen molar-refractivity contribution in [1.29, 1.82) is 0 Å². The second kappa shape index (κ2) is 5.88. The van der Waals surface area contributed by atoms with Crippen molar-refractivity contribution in [2.45, 2.75) is 6.54 Å². The first kappa shape index (κ1) is 11.3. The van der Waals surface area contributed by atoms with E-state index in [2.05, 4.69) is 5.32 Å². The molecule has 4 heteroatoms. The van der Waals surface area contributed by atoms with Crippen LogP contribution in [0.2, 0.25) is 0 Å². The number of rotatable bonds is 5. The molecule has 0 spiro atoms. The average molecular weight is 215 g/mol. The first-order chi connectivity index (χ1) is 6.75. The molecule has 1 aromatic carbocycles. The van der Waals surface area contributed by atoms with Gasteiger partial charge >= 0.3 is 0 Å². The smallest absolute Gasteiger partial charge is 0.165 e. The van der Waals surface area contributed by atoms with Gasteiger partial charge in [0, 0.05) is 24.4 Å². The monoisotopic (exact) mass is 215 g/mol. The van der Waals surface area contributed by atoms with Gasteiger partial charge in [0.25, 0.3) is 0 Å². The second-order valence-electron chi connectivity index (χ2n) is 2.92. The average Bonchev–Trinajstić information content (AvgIpc) is 2.19. The summed E-state index contributed by atoms with van der Waals surface area (Å²) in [4.78, 5) is 0. The summed E-state index contributed by atoms with van der Waals surface area (Å²) in [6.45, 7) is 1.36. The van der Waals surface area contributed by atoms with Gasteiger partial charge in [0.15, 0.2) is 11.6 Å². The summed E-state index contributed by atoms with van der Waals surface area (Å²) in [5.74, 6) is 0.203. The fraction of sp³-hybridized carbons (Fsp3) is 0.400. The number of thioether (sulfide) groups is 1. The Morgan fingerprint density at radius 2 is 2.29 bits per heavy atom. The Morgan fingerprint density at radius 1 is 1.50 bits per heavy atom. The van der Waals surface area contributed by atoms with E-state index in [0.29, 0.717) is 12.1 Å². The van der Waals surface area contributed by atoms with Crippen LogP contribution in [0.3, 0.4) is 0 Å². The van der Waals surface area contributed by atoms with Gasteiger partial charge < -0.3 is 10.4 Å². The van der Waals surface area contributed by atoms with E-state index in [9.17, 15) is 9.50 Å². The molecule has 78 valence electrons. The van der Waals surface area contributed by atoms with E-state index in [1.165, 1.54) is 6.07 Å². The van der Waals surface area contributed by atoms with Crippen LogP contribution in [0.15, 0.2) is 18.2 Å². The Balaban J connectivity index is 2.46. The van der Waals surface area contributed by atoms with Gasteiger partial charge in [-0.05, 0) is 12.3 Å². The molecule has 0 amide bonds. The minimum absolute atomic E-state index is 0.246. The molecule has 2 nitrogen and oxygen atoms in total. The highest BCUT2D eigenvalue weighted by Crippen LogP contribution is 2.20. The van der Waals surface area contributed by atoms with Gasteiger partial charge in [-0.1, -0.05) is 12.1 Å². The molecule has 0 heterocycles. The van der Waals surface area contributed by atoms with Crippen molar-refractivity contribution in [2.75, 3.05) is 18.6 Å². The fourth-order valence-electron chi connectivity index (χ4n) is 1.10. The molecule has 0 unspecified atom stereocenters. The molecule has 2 N–H and O–H groups in total. The molecule has 0 aliphatic carbocycles. The lowest BCUT2D eigenvalue weighted by atomic mass is 10.2. The van der Waals surface area contributed by atoms with Crippen molar-refractivity contribution in [3.05, 3.63) is 29.6 Å². The maximum Gasteiger partial charge on any atom is 0.165 e. The molecule has 0 radical (unpaired) electrons. The zero-order valence-electron chi connectivity index (χ0n) is 8.09. The molecule has 0 saturated heterocycles. The molecular weight excluding hydrogens is 201 g/mol. The van der Waals surface area contributed by atoms with Crippen molar-refractivity contribution in [1.82, 2.24) is 5.32 Å². The maximum atomic E-state index is 12.9. The second-order valence-corrected chi connectivity index (χ2v) is 3.90. The predicted molar refractivity (Wildman–Crippen MR) is 58.2 cm³/mol. The lowest BCUT2D eigenvalue weighted by Gasteiger charge is -2.06. The Kier molecular flexibility index (Phi) is 4.76.